The van der Waals surface area contributed by atoms with Crippen molar-refractivity contribution in [1.82, 2.24) is 5.06 Å². The summed E-state index contributed by atoms with van der Waals surface area (Å²) in [5.74, 6) is 0.340. The highest BCUT2D eigenvalue weighted by molar-refractivity contribution is 4.55. The molecule has 0 saturated carbocycles. The third kappa shape index (κ3) is 7.42. The van der Waals surface area contributed by atoms with E-state index in [0.717, 1.165) is 17.9 Å². The molecule has 1 unspecified atom stereocenters. The van der Waals surface area contributed by atoms with Gasteiger partial charge in [-0.05, 0) is 18.8 Å². The Hall–Kier alpha value is -0.480. The highest BCUT2D eigenvalue weighted by atomic mass is 16.5. The topological polar surface area (TPSA) is 52.9 Å². The monoisotopic (exact) mass is 160 g/mol. The van der Waals surface area contributed by atoms with Crippen LogP contribution in [0, 0.1) is 10.8 Å². The predicted molar refractivity (Wildman–Crippen MR) is 43.5 cm³/mol. The lowest BCUT2D eigenvalue weighted by molar-refractivity contribution is -0.0660. The summed E-state index contributed by atoms with van der Waals surface area (Å²) in [6.07, 6.45) is 1.85. The third-order valence-corrected chi connectivity index (χ3v) is 1.56. The van der Waals surface area contributed by atoms with Crippen molar-refractivity contribution in [1.29, 1.82) is 0 Å². The molecule has 0 aromatic rings. The highest BCUT2D eigenvalue weighted by Crippen LogP contribution is 2.05. The Morgan fingerprint density at radius 2 is 2.27 bits per heavy atom. The van der Waals surface area contributed by atoms with Crippen molar-refractivity contribution in [3.8, 4) is 0 Å². The van der Waals surface area contributed by atoms with E-state index in [0.29, 0.717) is 19.0 Å². The van der Waals surface area contributed by atoms with Gasteiger partial charge in [0.2, 0.25) is 0 Å². The summed E-state index contributed by atoms with van der Waals surface area (Å²) >= 11 is 0. The standard InChI is InChI=1S/C7H16N2O2/c1-7(6-8-10)4-3-5-9(2)11/h7,11H,3-6H2,1-2H3. The van der Waals surface area contributed by atoms with E-state index in [-0.39, 0.29) is 0 Å². The van der Waals surface area contributed by atoms with Crippen LogP contribution < -0.4 is 0 Å². The van der Waals surface area contributed by atoms with Gasteiger partial charge < -0.3 is 5.21 Å². The Kier molecular flexibility index (Phi) is 5.97. The van der Waals surface area contributed by atoms with Crippen molar-refractivity contribution in [3.63, 3.8) is 0 Å². The first-order valence-corrected chi connectivity index (χ1v) is 3.86. The number of nitroso groups, excluding NO2 is 1. The summed E-state index contributed by atoms with van der Waals surface area (Å²) in [6.45, 7) is 3.02. The molecule has 0 aliphatic heterocycles. The predicted octanol–water partition coefficient (Wildman–Crippen LogP) is 1.49. The first-order valence-electron chi connectivity index (χ1n) is 3.86. The molecule has 0 amide bonds. The van der Waals surface area contributed by atoms with Crippen LogP contribution in [0.4, 0.5) is 0 Å². The quantitative estimate of drug-likeness (QED) is 0.473. The second-order valence-electron chi connectivity index (χ2n) is 2.94. The first kappa shape index (κ1) is 10.5. The molecule has 0 bridgehead atoms. The molecule has 0 spiro atoms. The van der Waals surface area contributed by atoms with Crippen LogP contribution in [-0.2, 0) is 0 Å². The fourth-order valence-electron chi connectivity index (χ4n) is 0.887. The Morgan fingerprint density at radius 1 is 1.64 bits per heavy atom. The van der Waals surface area contributed by atoms with Crippen LogP contribution in [0.2, 0.25) is 0 Å². The smallest absolute Gasteiger partial charge is 0.0836 e. The second kappa shape index (κ2) is 6.24. The SMILES string of the molecule is CC(CCCN(C)O)CN=O. The third-order valence-electron chi connectivity index (χ3n) is 1.56. The summed E-state index contributed by atoms with van der Waals surface area (Å²) < 4.78 is 0. The van der Waals surface area contributed by atoms with Crippen molar-refractivity contribution in [2.75, 3.05) is 20.1 Å². The Labute approximate surface area is 67.1 Å². The number of nitrogens with zero attached hydrogens (tertiary/aromatic N) is 2. The lowest BCUT2D eigenvalue weighted by atomic mass is 10.1. The molecule has 1 N–H and O–H groups in total. The Morgan fingerprint density at radius 3 is 2.73 bits per heavy atom. The van der Waals surface area contributed by atoms with Gasteiger partial charge in [-0.3, -0.25) is 0 Å². The molecular weight excluding hydrogens is 144 g/mol. The minimum atomic E-state index is 0.340. The van der Waals surface area contributed by atoms with Gasteiger partial charge in [-0.25, -0.2) is 0 Å². The summed E-state index contributed by atoms with van der Waals surface area (Å²) in [5.41, 5.74) is 0. The van der Waals surface area contributed by atoms with Gasteiger partial charge in [0.25, 0.3) is 0 Å². The van der Waals surface area contributed by atoms with E-state index in [4.69, 9.17) is 5.21 Å². The van der Waals surface area contributed by atoms with Gasteiger partial charge in [-0.1, -0.05) is 12.1 Å². The molecule has 0 aromatic carbocycles. The van der Waals surface area contributed by atoms with Crippen molar-refractivity contribution >= 4 is 0 Å². The maximum Gasteiger partial charge on any atom is 0.0836 e. The van der Waals surface area contributed by atoms with Gasteiger partial charge in [-0.2, -0.15) is 9.97 Å². The molecule has 1 atom stereocenters. The van der Waals surface area contributed by atoms with Crippen LogP contribution in [0.1, 0.15) is 19.8 Å². The molecule has 4 nitrogen and oxygen atoms in total. The zero-order valence-electron chi connectivity index (χ0n) is 7.16. The van der Waals surface area contributed by atoms with Gasteiger partial charge in [0.1, 0.15) is 0 Å². The van der Waals surface area contributed by atoms with Crippen LogP contribution >= 0.6 is 0 Å². The summed E-state index contributed by atoms with van der Waals surface area (Å²) in [5, 5.41) is 12.7. The Balaban J connectivity index is 3.16. The van der Waals surface area contributed by atoms with E-state index in [1.54, 1.807) is 7.05 Å². The summed E-state index contributed by atoms with van der Waals surface area (Å²) in [6, 6.07) is 0. The first-order chi connectivity index (χ1) is 5.16. The molecule has 0 aromatic heterocycles. The van der Waals surface area contributed by atoms with Gasteiger partial charge in [-0.15, -0.1) is 0 Å². The lowest BCUT2D eigenvalue weighted by Crippen LogP contribution is -2.15. The van der Waals surface area contributed by atoms with E-state index in [1.165, 1.54) is 0 Å². The fraction of sp³-hybridized carbons (Fsp3) is 1.00. The number of hydrogen-bond acceptors (Lipinski definition) is 4. The number of hydroxylamine groups is 2. The van der Waals surface area contributed by atoms with Crippen LogP contribution in [0.25, 0.3) is 0 Å². The van der Waals surface area contributed by atoms with Gasteiger partial charge in [0.15, 0.2) is 0 Å². The van der Waals surface area contributed by atoms with Gasteiger partial charge in [0, 0.05) is 13.6 Å². The second-order valence-corrected chi connectivity index (χ2v) is 2.94. The molecule has 66 valence electrons. The molecule has 4 heteroatoms. The normalized spacial score (nSPS) is 13.5. The fourth-order valence-corrected chi connectivity index (χ4v) is 0.887. The van der Waals surface area contributed by atoms with Gasteiger partial charge >= 0.3 is 0 Å². The molecule has 0 radical (unpaired) electrons. The zero-order valence-corrected chi connectivity index (χ0v) is 7.16. The van der Waals surface area contributed by atoms with Gasteiger partial charge in [0.05, 0.1) is 6.54 Å². The van der Waals surface area contributed by atoms with E-state index >= 15 is 0 Å². The molecule has 0 rings (SSSR count). The average molecular weight is 160 g/mol. The molecule has 0 saturated heterocycles. The number of rotatable bonds is 6. The molecule has 11 heavy (non-hydrogen) atoms. The van der Waals surface area contributed by atoms with E-state index < -0.39 is 0 Å². The Bertz CT molecular complexity index is 107. The minimum absolute atomic E-state index is 0.340. The van der Waals surface area contributed by atoms with E-state index in [1.807, 2.05) is 6.92 Å². The van der Waals surface area contributed by atoms with Crippen molar-refractivity contribution < 1.29 is 5.21 Å². The van der Waals surface area contributed by atoms with E-state index in [9.17, 15) is 4.91 Å². The molecule has 0 heterocycles. The molecule has 0 aliphatic carbocycles. The largest absolute Gasteiger partial charge is 0.314 e. The zero-order chi connectivity index (χ0) is 8.69. The van der Waals surface area contributed by atoms with Crippen LogP contribution in [0.15, 0.2) is 5.18 Å². The molecular formula is C7H16N2O2. The van der Waals surface area contributed by atoms with E-state index in [2.05, 4.69) is 5.18 Å². The van der Waals surface area contributed by atoms with Crippen LogP contribution in [-0.4, -0.2) is 30.4 Å². The summed E-state index contributed by atoms with van der Waals surface area (Å²) in [7, 11) is 1.61. The lowest BCUT2D eigenvalue weighted by Gasteiger charge is -2.09. The van der Waals surface area contributed by atoms with Crippen LogP contribution in [0.5, 0.6) is 0 Å². The van der Waals surface area contributed by atoms with Crippen molar-refractivity contribution in [2.24, 2.45) is 11.1 Å². The molecule has 0 fully saturated rings. The maximum atomic E-state index is 9.80. The average Bonchev–Trinajstić information content (AvgIpc) is 1.87. The van der Waals surface area contributed by atoms with Crippen molar-refractivity contribution in [2.45, 2.75) is 19.8 Å². The van der Waals surface area contributed by atoms with Crippen molar-refractivity contribution in [3.05, 3.63) is 4.91 Å². The maximum absolute atomic E-state index is 9.80. The highest BCUT2D eigenvalue weighted by Gasteiger charge is 2.01. The van der Waals surface area contributed by atoms with Crippen LogP contribution in [0.3, 0.4) is 0 Å². The molecule has 0 aliphatic rings. The minimum Gasteiger partial charge on any atom is -0.314 e. The number of hydrogen-bond donors (Lipinski definition) is 1. The summed E-state index contributed by atoms with van der Waals surface area (Å²) in [4.78, 5) is 9.80.